The number of nitrogens with zero attached hydrogens (tertiary/aromatic N) is 4. The lowest BCUT2D eigenvalue weighted by atomic mass is 9.93. The number of halogens is 1. The fourth-order valence-corrected chi connectivity index (χ4v) is 3.94. The normalized spacial score (nSPS) is 17.9. The minimum Gasteiger partial charge on any atom is -0.359 e. The molecule has 27 heavy (non-hydrogen) atoms. The summed E-state index contributed by atoms with van der Waals surface area (Å²) in [5.74, 6) is 2.84. The highest BCUT2D eigenvalue weighted by atomic mass is 127. The zero-order valence-corrected chi connectivity index (χ0v) is 18.9. The van der Waals surface area contributed by atoms with Gasteiger partial charge in [0.2, 0.25) is 5.91 Å². The molecule has 1 saturated heterocycles. The second-order valence-electron chi connectivity index (χ2n) is 7.33. The van der Waals surface area contributed by atoms with Crippen LogP contribution in [0.4, 0.5) is 0 Å². The zero-order valence-electron chi connectivity index (χ0n) is 16.5. The van der Waals surface area contributed by atoms with E-state index in [-0.39, 0.29) is 29.9 Å². The van der Waals surface area contributed by atoms with E-state index in [0.29, 0.717) is 12.3 Å². The number of likely N-dealkylation sites (tertiary alicyclic amines) is 1. The molecule has 1 aromatic heterocycles. The monoisotopic (exact) mass is 488 g/mol. The largest absolute Gasteiger partial charge is 0.359 e. The summed E-state index contributed by atoms with van der Waals surface area (Å²) in [5.41, 5.74) is 1.18. The lowest BCUT2D eigenvalue weighted by Gasteiger charge is -2.34. The number of aliphatic imine (C=N–C) groups is 1. The SMILES string of the molecule is CN=C(NCCc1cn2c(n1)CCCC2)N1CCC(CC(=O)NC)CC1.I. The second-order valence-corrected chi connectivity index (χ2v) is 7.33. The molecule has 0 unspecified atom stereocenters. The quantitative estimate of drug-likeness (QED) is 0.377. The number of aryl methyl sites for hydroxylation is 2. The van der Waals surface area contributed by atoms with Gasteiger partial charge >= 0.3 is 0 Å². The number of guanidine groups is 1. The number of carbonyl (C=O) groups excluding carboxylic acids is 1. The van der Waals surface area contributed by atoms with Crippen molar-refractivity contribution in [3.8, 4) is 0 Å². The van der Waals surface area contributed by atoms with E-state index in [9.17, 15) is 4.79 Å². The third kappa shape index (κ3) is 6.08. The van der Waals surface area contributed by atoms with Gasteiger partial charge in [-0.05, 0) is 31.6 Å². The Labute approximate surface area is 179 Å². The third-order valence-electron chi connectivity index (χ3n) is 5.50. The maximum absolute atomic E-state index is 11.5. The van der Waals surface area contributed by atoms with Crippen LogP contribution in [0.5, 0.6) is 0 Å². The Balaban J connectivity index is 0.00000261. The summed E-state index contributed by atoms with van der Waals surface area (Å²) in [6, 6.07) is 0. The van der Waals surface area contributed by atoms with Crippen LogP contribution in [0, 0.1) is 5.92 Å². The number of hydrogen-bond acceptors (Lipinski definition) is 3. The molecule has 1 amide bonds. The maximum Gasteiger partial charge on any atom is 0.220 e. The first-order valence-corrected chi connectivity index (χ1v) is 9.90. The van der Waals surface area contributed by atoms with Crippen LogP contribution in [0.2, 0.25) is 0 Å². The van der Waals surface area contributed by atoms with E-state index >= 15 is 0 Å². The first kappa shape index (κ1) is 22.0. The molecule has 3 heterocycles. The van der Waals surface area contributed by atoms with Gasteiger partial charge in [0.15, 0.2) is 5.96 Å². The number of hydrogen-bond donors (Lipinski definition) is 2. The minimum absolute atomic E-state index is 0. The van der Waals surface area contributed by atoms with E-state index in [0.717, 1.165) is 57.8 Å². The van der Waals surface area contributed by atoms with Crippen molar-refractivity contribution in [2.75, 3.05) is 33.7 Å². The Bertz CT molecular complexity index is 613. The smallest absolute Gasteiger partial charge is 0.220 e. The second kappa shape index (κ2) is 10.9. The summed E-state index contributed by atoms with van der Waals surface area (Å²) >= 11 is 0. The first-order chi connectivity index (χ1) is 12.7. The summed E-state index contributed by atoms with van der Waals surface area (Å²) in [6.07, 6.45) is 9.50. The number of fused-ring (bicyclic) bond motifs is 1. The topological polar surface area (TPSA) is 74.5 Å². The summed E-state index contributed by atoms with van der Waals surface area (Å²) < 4.78 is 2.31. The number of aromatic nitrogens is 2. The van der Waals surface area contributed by atoms with Gasteiger partial charge in [-0.1, -0.05) is 0 Å². The Hall–Kier alpha value is -1.32. The highest BCUT2D eigenvalue weighted by molar-refractivity contribution is 14.0. The van der Waals surface area contributed by atoms with Gasteiger partial charge in [-0.25, -0.2) is 4.98 Å². The van der Waals surface area contributed by atoms with E-state index in [2.05, 4.69) is 31.3 Å². The van der Waals surface area contributed by atoms with Crippen molar-refractivity contribution in [3.05, 3.63) is 17.7 Å². The average molecular weight is 488 g/mol. The molecule has 2 aliphatic heterocycles. The third-order valence-corrected chi connectivity index (χ3v) is 5.50. The van der Waals surface area contributed by atoms with Gasteiger partial charge in [-0.3, -0.25) is 9.79 Å². The van der Waals surface area contributed by atoms with Crippen molar-refractivity contribution in [2.24, 2.45) is 10.9 Å². The zero-order chi connectivity index (χ0) is 18.4. The van der Waals surface area contributed by atoms with Gasteiger partial charge in [0.25, 0.3) is 0 Å². The van der Waals surface area contributed by atoms with Crippen LogP contribution in [0.15, 0.2) is 11.2 Å². The van der Waals surface area contributed by atoms with Crippen molar-refractivity contribution >= 4 is 35.8 Å². The van der Waals surface area contributed by atoms with E-state index in [1.807, 2.05) is 7.05 Å². The number of piperidine rings is 1. The number of rotatable bonds is 5. The highest BCUT2D eigenvalue weighted by Crippen LogP contribution is 2.20. The Kier molecular flexibility index (Phi) is 8.85. The van der Waals surface area contributed by atoms with Crippen LogP contribution in [0.3, 0.4) is 0 Å². The summed E-state index contributed by atoms with van der Waals surface area (Å²) in [6.45, 7) is 3.88. The summed E-state index contributed by atoms with van der Waals surface area (Å²) in [7, 11) is 3.55. The van der Waals surface area contributed by atoms with Gasteiger partial charge in [0, 0.05) is 65.7 Å². The van der Waals surface area contributed by atoms with Crippen LogP contribution in [-0.2, 0) is 24.2 Å². The first-order valence-electron chi connectivity index (χ1n) is 9.90. The van der Waals surface area contributed by atoms with Gasteiger partial charge < -0.3 is 20.1 Å². The number of carbonyl (C=O) groups is 1. The number of nitrogens with one attached hydrogen (secondary N) is 2. The standard InChI is InChI=1S/C19H32N6O.HI/c1-20-18(26)13-15-7-11-24(12-8-15)19(21-2)22-9-6-16-14-25-10-4-3-5-17(25)23-16;/h14-15H,3-13H2,1-2H3,(H,20,26)(H,21,22);1H. The molecular weight excluding hydrogens is 455 g/mol. The van der Waals surface area contributed by atoms with Crippen LogP contribution in [0.25, 0.3) is 0 Å². The predicted octanol–water partition coefficient (Wildman–Crippen LogP) is 1.80. The number of amides is 1. The molecule has 0 radical (unpaired) electrons. The van der Waals surface area contributed by atoms with Crippen LogP contribution < -0.4 is 10.6 Å². The van der Waals surface area contributed by atoms with Crippen molar-refractivity contribution in [2.45, 2.75) is 51.5 Å². The molecule has 0 aromatic carbocycles. The summed E-state index contributed by atoms with van der Waals surface area (Å²) in [4.78, 5) is 23.0. The lowest BCUT2D eigenvalue weighted by Crippen LogP contribution is -2.46. The van der Waals surface area contributed by atoms with Crippen molar-refractivity contribution in [1.82, 2.24) is 25.1 Å². The molecule has 8 heteroatoms. The average Bonchev–Trinajstić information content (AvgIpc) is 3.09. The Morgan fingerprint density at radius 3 is 2.74 bits per heavy atom. The van der Waals surface area contributed by atoms with E-state index in [1.54, 1.807) is 7.05 Å². The molecule has 0 aliphatic carbocycles. The fraction of sp³-hybridized carbons (Fsp3) is 0.737. The van der Waals surface area contributed by atoms with Crippen molar-refractivity contribution in [3.63, 3.8) is 0 Å². The minimum atomic E-state index is 0. The molecule has 7 nitrogen and oxygen atoms in total. The highest BCUT2D eigenvalue weighted by Gasteiger charge is 2.23. The predicted molar refractivity (Wildman–Crippen MR) is 119 cm³/mol. The van der Waals surface area contributed by atoms with Gasteiger partial charge in [0.1, 0.15) is 5.82 Å². The Morgan fingerprint density at radius 1 is 1.30 bits per heavy atom. The van der Waals surface area contributed by atoms with E-state index in [4.69, 9.17) is 4.98 Å². The lowest BCUT2D eigenvalue weighted by molar-refractivity contribution is -0.121. The molecule has 1 aromatic rings. The molecule has 1 fully saturated rings. The molecule has 0 bridgehead atoms. The van der Waals surface area contributed by atoms with Gasteiger partial charge in [0.05, 0.1) is 5.69 Å². The summed E-state index contributed by atoms with van der Waals surface area (Å²) in [5, 5.41) is 6.20. The van der Waals surface area contributed by atoms with Gasteiger partial charge in [-0.15, -0.1) is 24.0 Å². The van der Waals surface area contributed by atoms with Gasteiger partial charge in [-0.2, -0.15) is 0 Å². The molecule has 0 spiro atoms. The molecular formula is C19H33IN6O. The molecule has 2 aliphatic rings. The Morgan fingerprint density at radius 2 is 2.07 bits per heavy atom. The van der Waals surface area contributed by atoms with Crippen molar-refractivity contribution in [1.29, 1.82) is 0 Å². The van der Waals surface area contributed by atoms with Crippen LogP contribution >= 0.6 is 24.0 Å². The fourth-order valence-electron chi connectivity index (χ4n) is 3.94. The van der Waals surface area contributed by atoms with Crippen LogP contribution in [0.1, 0.15) is 43.6 Å². The van der Waals surface area contributed by atoms with E-state index in [1.165, 1.54) is 24.4 Å². The maximum atomic E-state index is 11.5. The molecule has 2 N–H and O–H groups in total. The molecule has 0 saturated carbocycles. The van der Waals surface area contributed by atoms with E-state index < -0.39 is 0 Å². The van der Waals surface area contributed by atoms with Crippen molar-refractivity contribution < 1.29 is 4.79 Å². The molecule has 3 rings (SSSR count). The molecule has 0 atom stereocenters. The van der Waals surface area contributed by atoms with Crippen LogP contribution in [-0.4, -0.2) is 60.0 Å². The number of imidazole rings is 1. The molecule has 152 valence electrons.